The minimum atomic E-state index is -0.215. The van der Waals surface area contributed by atoms with Gasteiger partial charge in [-0.25, -0.2) is 9.97 Å². The topological polar surface area (TPSA) is 81.9 Å². The Balaban J connectivity index is 1.47. The Labute approximate surface area is 172 Å². The first-order chi connectivity index (χ1) is 14.2. The highest BCUT2D eigenvalue weighted by atomic mass is 32.1. The van der Waals surface area contributed by atoms with E-state index in [4.69, 9.17) is 4.74 Å². The summed E-state index contributed by atoms with van der Waals surface area (Å²) in [4.78, 5) is 26.2. The van der Waals surface area contributed by atoms with E-state index in [1.807, 2.05) is 60.2 Å². The van der Waals surface area contributed by atoms with Crippen LogP contribution in [0.4, 0.5) is 5.69 Å². The number of ether oxygens (including phenoxy) is 1. The molecule has 0 bridgehead atoms. The standard InChI is InChI=1S/C21H19N5O2S/c1-15-19(29-21(24-15)17-7-4-5-9-23-17)20(27)25-16-6-2-3-8-18(16)28-13-12-26-11-10-22-14-26/h2-11,14H,12-13H2,1H3,(H,25,27). The number of imidazole rings is 1. The highest BCUT2D eigenvalue weighted by Gasteiger charge is 2.18. The minimum absolute atomic E-state index is 0.215. The molecule has 0 spiro atoms. The fourth-order valence-electron chi connectivity index (χ4n) is 2.76. The number of para-hydroxylation sites is 2. The van der Waals surface area contributed by atoms with E-state index in [1.54, 1.807) is 18.7 Å². The molecule has 0 atom stereocenters. The molecule has 4 rings (SSSR count). The van der Waals surface area contributed by atoms with Crippen LogP contribution in [0, 0.1) is 6.92 Å². The molecular formula is C21H19N5O2S. The van der Waals surface area contributed by atoms with Crippen LogP contribution in [-0.4, -0.2) is 32.0 Å². The number of thiazole rings is 1. The molecule has 3 aromatic heterocycles. The summed E-state index contributed by atoms with van der Waals surface area (Å²) in [6.07, 6.45) is 7.06. The molecule has 0 saturated heterocycles. The zero-order valence-corrected chi connectivity index (χ0v) is 16.6. The van der Waals surface area contributed by atoms with Gasteiger partial charge in [0.1, 0.15) is 22.2 Å². The second kappa shape index (κ2) is 8.66. The van der Waals surface area contributed by atoms with Crippen molar-refractivity contribution in [1.82, 2.24) is 19.5 Å². The Morgan fingerprint density at radius 1 is 1.17 bits per heavy atom. The average molecular weight is 405 g/mol. The van der Waals surface area contributed by atoms with Crippen LogP contribution >= 0.6 is 11.3 Å². The van der Waals surface area contributed by atoms with Crippen molar-refractivity contribution in [2.45, 2.75) is 13.5 Å². The fraction of sp³-hybridized carbons (Fsp3) is 0.143. The highest BCUT2D eigenvalue weighted by Crippen LogP contribution is 2.29. The number of hydrogen-bond acceptors (Lipinski definition) is 6. The lowest BCUT2D eigenvalue weighted by Crippen LogP contribution is -2.13. The predicted octanol–water partition coefficient (Wildman–Crippen LogP) is 4.04. The molecule has 4 aromatic rings. The van der Waals surface area contributed by atoms with Crippen molar-refractivity contribution in [3.63, 3.8) is 0 Å². The monoisotopic (exact) mass is 405 g/mol. The van der Waals surface area contributed by atoms with E-state index < -0.39 is 0 Å². The Hall–Kier alpha value is -3.52. The van der Waals surface area contributed by atoms with E-state index in [0.717, 1.165) is 10.7 Å². The maximum absolute atomic E-state index is 12.9. The number of hydrogen-bond donors (Lipinski definition) is 1. The predicted molar refractivity (Wildman–Crippen MR) is 112 cm³/mol. The van der Waals surface area contributed by atoms with Gasteiger partial charge < -0.3 is 14.6 Å². The molecule has 1 amide bonds. The molecule has 0 radical (unpaired) electrons. The molecule has 0 aliphatic rings. The second-order valence-electron chi connectivity index (χ2n) is 6.25. The lowest BCUT2D eigenvalue weighted by Gasteiger charge is -2.12. The van der Waals surface area contributed by atoms with Crippen molar-refractivity contribution in [3.8, 4) is 16.5 Å². The third-order valence-corrected chi connectivity index (χ3v) is 5.37. The van der Waals surface area contributed by atoms with Gasteiger partial charge in [0, 0.05) is 18.6 Å². The van der Waals surface area contributed by atoms with Crippen LogP contribution in [0.3, 0.4) is 0 Å². The van der Waals surface area contributed by atoms with Gasteiger partial charge in [-0.2, -0.15) is 0 Å². The lowest BCUT2D eigenvalue weighted by atomic mass is 10.2. The summed E-state index contributed by atoms with van der Waals surface area (Å²) in [7, 11) is 0. The van der Waals surface area contributed by atoms with Gasteiger partial charge in [-0.3, -0.25) is 9.78 Å². The summed E-state index contributed by atoms with van der Waals surface area (Å²) in [6.45, 7) is 2.96. The number of aryl methyl sites for hydroxylation is 1. The van der Waals surface area contributed by atoms with E-state index in [-0.39, 0.29) is 5.91 Å². The number of carbonyl (C=O) groups is 1. The number of rotatable bonds is 7. The molecule has 1 aromatic carbocycles. The van der Waals surface area contributed by atoms with E-state index in [0.29, 0.717) is 35.2 Å². The van der Waals surface area contributed by atoms with Crippen molar-refractivity contribution in [2.24, 2.45) is 0 Å². The second-order valence-corrected chi connectivity index (χ2v) is 7.25. The number of carbonyl (C=O) groups excluding carboxylic acids is 1. The van der Waals surface area contributed by atoms with Crippen molar-refractivity contribution in [2.75, 3.05) is 11.9 Å². The minimum Gasteiger partial charge on any atom is -0.490 e. The first-order valence-corrected chi connectivity index (χ1v) is 9.90. The maximum Gasteiger partial charge on any atom is 0.267 e. The average Bonchev–Trinajstić information content (AvgIpc) is 3.40. The molecule has 0 aliphatic carbocycles. The molecule has 7 nitrogen and oxygen atoms in total. The number of anilines is 1. The summed E-state index contributed by atoms with van der Waals surface area (Å²) < 4.78 is 7.80. The summed E-state index contributed by atoms with van der Waals surface area (Å²) in [6, 6.07) is 13.0. The molecule has 0 aliphatic heterocycles. The summed E-state index contributed by atoms with van der Waals surface area (Å²) >= 11 is 1.33. The SMILES string of the molecule is Cc1nc(-c2ccccn2)sc1C(=O)Nc1ccccc1OCCn1ccnc1. The fourth-order valence-corrected chi connectivity index (χ4v) is 3.70. The molecule has 0 unspecified atom stereocenters. The van der Waals surface area contributed by atoms with Crippen LogP contribution in [-0.2, 0) is 6.54 Å². The lowest BCUT2D eigenvalue weighted by molar-refractivity contribution is 0.102. The first kappa shape index (κ1) is 18.8. The van der Waals surface area contributed by atoms with Crippen LogP contribution < -0.4 is 10.1 Å². The quantitative estimate of drug-likeness (QED) is 0.502. The number of nitrogens with one attached hydrogen (secondary N) is 1. The number of pyridine rings is 1. The summed E-state index contributed by atoms with van der Waals surface area (Å²) in [5.74, 6) is 0.404. The van der Waals surface area contributed by atoms with Gasteiger partial charge in [-0.05, 0) is 31.2 Å². The highest BCUT2D eigenvalue weighted by molar-refractivity contribution is 7.17. The van der Waals surface area contributed by atoms with E-state index in [9.17, 15) is 4.79 Å². The van der Waals surface area contributed by atoms with Crippen molar-refractivity contribution in [1.29, 1.82) is 0 Å². The molecule has 3 heterocycles. The van der Waals surface area contributed by atoms with Gasteiger partial charge in [-0.1, -0.05) is 18.2 Å². The van der Waals surface area contributed by atoms with Crippen molar-refractivity contribution < 1.29 is 9.53 Å². The molecule has 1 N–H and O–H groups in total. The first-order valence-electron chi connectivity index (χ1n) is 9.08. The smallest absolute Gasteiger partial charge is 0.267 e. The van der Waals surface area contributed by atoms with E-state index >= 15 is 0 Å². The van der Waals surface area contributed by atoms with Gasteiger partial charge in [0.2, 0.25) is 0 Å². The summed E-state index contributed by atoms with van der Waals surface area (Å²) in [5, 5.41) is 3.66. The van der Waals surface area contributed by atoms with Crippen LogP contribution in [0.1, 0.15) is 15.4 Å². The maximum atomic E-state index is 12.9. The number of nitrogens with zero attached hydrogens (tertiary/aromatic N) is 4. The van der Waals surface area contributed by atoms with Crippen LogP contribution in [0.5, 0.6) is 5.75 Å². The van der Waals surface area contributed by atoms with Gasteiger partial charge in [0.05, 0.1) is 29.9 Å². The van der Waals surface area contributed by atoms with Crippen LogP contribution in [0.2, 0.25) is 0 Å². The zero-order chi connectivity index (χ0) is 20.1. The van der Waals surface area contributed by atoms with E-state index in [1.165, 1.54) is 11.3 Å². The number of aromatic nitrogens is 4. The Morgan fingerprint density at radius 2 is 2.03 bits per heavy atom. The Kier molecular flexibility index (Phi) is 5.62. The van der Waals surface area contributed by atoms with Gasteiger partial charge in [0.15, 0.2) is 0 Å². The molecule has 8 heteroatoms. The summed E-state index contributed by atoms with van der Waals surface area (Å²) in [5.41, 5.74) is 2.05. The Morgan fingerprint density at radius 3 is 2.83 bits per heavy atom. The zero-order valence-electron chi connectivity index (χ0n) is 15.8. The van der Waals surface area contributed by atoms with Crippen LogP contribution in [0.15, 0.2) is 67.4 Å². The third kappa shape index (κ3) is 4.49. The Bertz CT molecular complexity index is 1090. The van der Waals surface area contributed by atoms with Gasteiger partial charge in [0.25, 0.3) is 5.91 Å². The third-order valence-electron chi connectivity index (χ3n) is 4.19. The number of amides is 1. The van der Waals surface area contributed by atoms with Crippen molar-refractivity contribution >= 4 is 22.9 Å². The molecular weight excluding hydrogens is 386 g/mol. The van der Waals surface area contributed by atoms with Crippen molar-refractivity contribution in [3.05, 3.63) is 78.0 Å². The molecule has 146 valence electrons. The molecule has 0 saturated carbocycles. The normalized spacial score (nSPS) is 10.7. The molecule has 0 fully saturated rings. The van der Waals surface area contributed by atoms with Crippen LogP contribution in [0.25, 0.3) is 10.7 Å². The van der Waals surface area contributed by atoms with Gasteiger partial charge in [-0.15, -0.1) is 11.3 Å². The van der Waals surface area contributed by atoms with Gasteiger partial charge >= 0.3 is 0 Å². The largest absolute Gasteiger partial charge is 0.490 e. The molecule has 29 heavy (non-hydrogen) atoms. The van der Waals surface area contributed by atoms with E-state index in [2.05, 4.69) is 20.3 Å². The number of benzene rings is 1.